The van der Waals surface area contributed by atoms with Crippen molar-refractivity contribution < 1.29 is 28.6 Å². The Balaban J connectivity index is 4.23. The number of rotatable bonds is 51. The van der Waals surface area contributed by atoms with Crippen LogP contribution in [-0.2, 0) is 28.6 Å². The Kier molecular flexibility index (Phi) is 50.2. The van der Waals surface area contributed by atoms with Crippen LogP contribution in [0.2, 0.25) is 0 Å². The summed E-state index contributed by atoms with van der Waals surface area (Å²) in [7, 11) is 0. The first-order valence-corrected chi connectivity index (χ1v) is 27.7. The lowest BCUT2D eigenvalue weighted by molar-refractivity contribution is -0.167. The molecule has 0 aliphatic heterocycles. The van der Waals surface area contributed by atoms with Crippen molar-refractivity contribution in [2.24, 2.45) is 0 Å². The van der Waals surface area contributed by atoms with Gasteiger partial charge in [-0.2, -0.15) is 0 Å². The van der Waals surface area contributed by atoms with Gasteiger partial charge in [0.05, 0.1) is 0 Å². The SMILES string of the molecule is CCCCCC/C=C\CCCC(=O)OCC(COC(=O)CCCCCCCCCCCCCCCCCCCCC)OC(=O)CCCCCCCCCCCCCCCCCC. The first kappa shape index (κ1) is 60.2. The van der Waals surface area contributed by atoms with E-state index < -0.39 is 6.10 Å². The fourth-order valence-corrected chi connectivity index (χ4v) is 8.33. The van der Waals surface area contributed by atoms with E-state index in [9.17, 15) is 14.4 Å². The van der Waals surface area contributed by atoms with Crippen molar-refractivity contribution in [3.63, 3.8) is 0 Å². The highest BCUT2D eigenvalue weighted by Crippen LogP contribution is 2.17. The summed E-state index contributed by atoms with van der Waals surface area (Å²) in [4.78, 5) is 37.9. The van der Waals surface area contributed by atoms with Gasteiger partial charge in [-0.3, -0.25) is 14.4 Å². The molecule has 1 atom stereocenters. The normalized spacial score (nSPS) is 12.0. The number of hydrogen-bond donors (Lipinski definition) is 0. The Morgan fingerprint density at radius 1 is 0.306 bits per heavy atom. The van der Waals surface area contributed by atoms with Gasteiger partial charge in [-0.05, 0) is 38.5 Å². The predicted octanol–water partition coefficient (Wildman–Crippen LogP) is 18.2. The Morgan fingerprint density at radius 3 is 0.871 bits per heavy atom. The van der Waals surface area contributed by atoms with E-state index in [1.807, 2.05) is 0 Å². The van der Waals surface area contributed by atoms with Crippen molar-refractivity contribution in [1.29, 1.82) is 0 Å². The van der Waals surface area contributed by atoms with E-state index in [0.29, 0.717) is 19.3 Å². The maximum atomic E-state index is 12.8. The van der Waals surface area contributed by atoms with Crippen LogP contribution >= 0.6 is 0 Å². The maximum absolute atomic E-state index is 12.8. The van der Waals surface area contributed by atoms with Gasteiger partial charge in [0, 0.05) is 19.3 Å². The van der Waals surface area contributed by atoms with E-state index in [0.717, 1.165) is 57.8 Å². The Morgan fingerprint density at radius 2 is 0.548 bits per heavy atom. The van der Waals surface area contributed by atoms with Gasteiger partial charge in [0.2, 0.25) is 0 Å². The average molecular weight is 875 g/mol. The van der Waals surface area contributed by atoms with Crippen LogP contribution in [0.3, 0.4) is 0 Å². The highest BCUT2D eigenvalue weighted by Gasteiger charge is 2.19. The van der Waals surface area contributed by atoms with Crippen molar-refractivity contribution in [2.75, 3.05) is 13.2 Å². The molecule has 0 aliphatic carbocycles. The topological polar surface area (TPSA) is 78.9 Å². The van der Waals surface area contributed by atoms with E-state index in [-0.39, 0.29) is 31.1 Å². The van der Waals surface area contributed by atoms with Crippen molar-refractivity contribution in [3.8, 4) is 0 Å². The summed E-state index contributed by atoms with van der Waals surface area (Å²) in [6.45, 7) is 6.63. The van der Waals surface area contributed by atoms with Crippen LogP contribution in [0.25, 0.3) is 0 Å². The Hall–Kier alpha value is -1.85. The predicted molar refractivity (Wildman–Crippen MR) is 266 cm³/mol. The highest BCUT2D eigenvalue weighted by atomic mass is 16.6. The third kappa shape index (κ3) is 49.2. The summed E-state index contributed by atoms with van der Waals surface area (Å²) in [5.41, 5.74) is 0. The quantitative estimate of drug-likeness (QED) is 0.0262. The molecule has 0 saturated heterocycles. The second-order valence-electron chi connectivity index (χ2n) is 18.9. The molecule has 366 valence electrons. The lowest BCUT2D eigenvalue weighted by atomic mass is 10.0. The zero-order valence-electron chi connectivity index (χ0n) is 41.9. The molecule has 0 spiro atoms. The molecule has 0 aromatic carbocycles. The van der Waals surface area contributed by atoms with Crippen LogP contribution in [0.5, 0.6) is 0 Å². The summed E-state index contributed by atoms with van der Waals surface area (Å²) in [5, 5.41) is 0. The number of carbonyl (C=O) groups is 3. The molecule has 0 heterocycles. The van der Waals surface area contributed by atoms with Crippen LogP contribution < -0.4 is 0 Å². The van der Waals surface area contributed by atoms with Crippen LogP contribution in [0.15, 0.2) is 12.2 Å². The van der Waals surface area contributed by atoms with Crippen molar-refractivity contribution >= 4 is 17.9 Å². The largest absolute Gasteiger partial charge is 0.462 e. The smallest absolute Gasteiger partial charge is 0.306 e. The summed E-state index contributed by atoms with van der Waals surface area (Å²) >= 11 is 0. The monoisotopic (exact) mass is 875 g/mol. The molecule has 0 saturated carbocycles. The van der Waals surface area contributed by atoms with Gasteiger partial charge in [-0.1, -0.05) is 264 Å². The van der Waals surface area contributed by atoms with E-state index >= 15 is 0 Å². The van der Waals surface area contributed by atoms with Crippen molar-refractivity contribution in [3.05, 3.63) is 12.2 Å². The van der Waals surface area contributed by atoms with Gasteiger partial charge >= 0.3 is 17.9 Å². The lowest BCUT2D eigenvalue weighted by Gasteiger charge is -2.18. The van der Waals surface area contributed by atoms with Gasteiger partial charge in [0.15, 0.2) is 6.10 Å². The zero-order chi connectivity index (χ0) is 45.1. The molecular weight excluding hydrogens is 769 g/mol. The fraction of sp³-hybridized carbons (Fsp3) is 0.911. The van der Waals surface area contributed by atoms with Gasteiger partial charge in [-0.15, -0.1) is 0 Å². The molecule has 62 heavy (non-hydrogen) atoms. The van der Waals surface area contributed by atoms with Gasteiger partial charge in [0.1, 0.15) is 13.2 Å². The molecule has 0 aliphatic rings. The highest BCUT2D eigenvalue weighted by molar-refractivity contribution is 5.71. The molecule has 0 radical (unpaired) electrons. The number of esters is 3. The molecule has 0 rings (SSSR count). The molecule has 0 amide bonds. The molecule has 1 unspecified atom stereocenters. The third-order valence-corrected chi connectivity index (χ3v) is 12.5. The Labute approximate surface area is 386 Å². The van der Waals surface area contributed by atoms with Gasteiger partial charge in [0.25, 0.3) is 0 Å². The first-order valence-electron chi connectivity index (χ1n) is 27.7. The maximum Gasteiger partial charge on any atom is 0.306 e. The minimum Gasteiger partial charge on any atom is -0.462 e. The number of allylic oxidation sites excluding steroid dienone is 2. The molecular formula is C56H106O6. The summed E-state index contributed by atoms with van der Waals surface area (Å²) in [6, 6.07) is 0. The standard InChI is InChI=1S/C56H106O6/c1-4-7-10-13-16-19-21-23-25-27-28-29-31-32-34-37-40-43-46-49-55(58)61-52-53(51-60-54(57)48-45-42-39-36-18-15-12-9-6-3)62-56(59)50-47-44-41-38-35-33-30-26-24-22-20-17-14-11-8-5-2/h36,39,53H,4-35,37-38,40-52H2,1-3H3/b39-36-. The molecule has 0 N–H and O–H groups in total. The average Bonchev–Trinajstić information content (AvgIpc) is 3.27. The molecule has 0 aromatic rings. The summed E-state index contributed by atoms with van der Waals surface area (Å²) in [6.07, 6.45) is 57.9. The van der Waals surface area contributed by atoms with Gasteiger partial charge in [-0.25, -0.2) is 0 Å². The van der Waals surface area contributed by atoms with Crippen LogP contribution in [0.1, 0.15) is 310 Å². The second kappa shape index (κ2) is 51.8. The van der Waals surface area contributed by atoms with E-state index in [2.05, 4.69) is 32.9 Å². The van der Waals surface area contributed by atoms with Crippen LogP contribution in [0, 0.1) is 0 Å². The van der Waals surface area contributed by atoms with E-state index in [4.69, 9.17) is 14.2 Å². The number of ether oxygens (including phenoxy) is 3. The molecule has 6 heteroatoms. The third-order valence-electron chi connectivity index (χ3n) is 12.5. The molecule has 0 fully saturated rings. The van der Waals surface area contributed by atoms with Crippen LogP contribution in [0.4, 0.5) is 0 Å². The number of carbonyl (C=O) groups excluding carboxylic acids is 3. The molecule has 0 bridgehead atoms. The first-order chi connectivity index (χ1) is 30.5. The van der Waals surface area contributed by atoms with Crippen molar-refractivity contribution in [1.82, 2.24) is 0 Å². The molecule has 6 nitrogen and oxygen atoms in total. The minimum absolute atomic E-state index is 0.0727. The summed E-state index contributed by atoms with van der Waals surface area (Å²) < 4.78 is 16.8. The van der Waals surface area contributed by atoms with E-state index in [1.54, 1.807) is 0 Å². The summed E-state index contributed by atoms with van der Waals surface area (Å²) in [5.74, 6) is -0.889. The fourth-order valence-electron chi connectivity index (χ4n) is 8.33. The van der Waals surface area contributed by atoms with Gasteiger partial charge < -0.3 is 14.2 Å². The van der Waals surface area contributed by atoms with Crippen LogP contribution in [-0.4, -0.2) is 37.2 Å². The Bertz CT molecular complexity index is 962. The molecule has 0 aromatic heterocycles. The number of unbranched alkanes of at least 4 members (excludes halogenated alkanes) is 38. The lowest BCUT2D eigenvalue weighted by Crippen LogP contribution is -2.30. The number of hydrogen-bond acceptors (Lipinski definition) is 6. The zero-order valence-corrected chi connectivity index (χ0v) is 41.9. The minimum atomic E-state index is -0.774. The van der Waals surface area contributed by atoms with E-state index in [1.165, 1.54) is 212 Å². The van der Waals surface area contributed by atoms with Crippen molar-refractivity contribution in [2.45, 2.75) is 316 Å². The second-order valence-corrected chi connectivity index (χ2v) is 18.9.